The van der Waals surface area contributed by atoms with Gasteiger partial charge in [-0.2, -0.15) is 0 Å². The van der Waals surface area contributed by atoms with Crippen molar-refractivity contribution in [1.82, 2.24) is 14.7 Å². The molecule has 2 aromatic carbocycles. The van der Waals surface area contributed by atoms with Crippen molar-refractivity contribution < 1.29 is 0 Å². The molecule has 1 saturated heterocycles. The lowest BCUT2D eigenvalue weighted by atomic mass is 9.95. The Kier molecular flexibility index (Phi) is 4.76. The van der Waals surface area contributed by atoms with E-state index in [0.29, 0.717) is 0 Å². The van der Waals surface area contributed by atoms with Crippen molar-refractivity contribution in [3.63, 3.8) is 0 Å². The Morgan fingerprint density at radius 1 is 0.885 bits per heavy atom. The second-order valence-corrected chi connectivity index (χ2v) is 7.04. The molecule has 1 atom stereocenters. The Morgan fingerprint density at radius 2 is 1.50 bits per heavy atom. The number of hydrogen-bond donors (Lipinski definition) is 1. The minimum atomic E-state index is 0.00483. The van der Waals surface area contributed by atoms with Crippen LogP contribution in [0.15, 0.2) is 65.5 Å². The van der Waals surface area contributed by atoms with Crippen LogP contribution in [0.3, 0.4) is 0 Å². The maximum Gasteiger partial charge on any atom is 0.276 e. The van der Waals surface area contributed by atoms with Gasteiger partial charge in [0.15, 0.2) is 0 Å². The number of likely N-dealkylation sites (tertiary alicyclic amines) is 1. The van der Waals surface area contributed by atoms with Crippen molar-refractivity contribution in [3.8, 4) is 5.69 Å². The van der Waals surface area contributed by atoms with E-state index in [-0.39, 0.29) is 11.6 Å². The summed E-state index contributed by atoms with van der Waals surface area (Å²) in [6, 6.07) is 20.2. The first-order valence-electron chi connectivity index (χ1n) is 9.41. The van der Waals surface area contributed by atoms with Crippen LogP contribution in [0.4, 0.5) is 0 Å². The number of H-pyrrole nitrogens is 1. The van der Waals surface area contributed by atoms with Crippen LogP contribution < -0.4 is 5.56 Å². The van der Waals surface area contributed by atoms with Gasteiger partial charge in [0.05, 0.1) is 17.3 Å². The molecule has 0 radical (unpaired) electrons. The van der Waals surface area contributed by atoms with E-state index in [9.17, 15) is 4.79 Å². The number of aromatic amines is 1. The average molecular weight is 347 g/mol. The van der Waals surface area contributed by atoms with E-state index < -0.39 is 0 Å². The Hall–Kier alpha value is -2.59. The summed E-state index contributed by atoms with van der Waals surface area (Å²) in [6.07, 6.45) is 3.66. The summed E-state index contributed by atoms with van der Waals surface area (Å²) in [5.74, 6) is 0. The minimum Gasteiger partial charge on any atom is -0.295 e. The van der Waals surface area contributed by atoms with Gasteiger partial charge in [-0.15, -0.1) is 0 Å². The third kappa shape index (κ3) is 3.13. The first kappa shape index (κ1) is 16.9. The summed E-state index contributed by atoms with van der Waals surface area (Å²) in [5.41, 5.74) is 3.92. The van der Waals surface area contributed by atoms with Crippen LogP contribution in [0.25, 0.3) is 5.69 Å². The van der Waals surface area contributed by atoms with Crippen LogP contribution in [-0.4, -0.2) is 27.8 Å². The molecule has 0 amide bonds. The smallest absolute Gasteiger partial charge is 0.276 e. The quantitative estimate of drug-likeness (QED) is 0.773. The van der Waals surface area contributed by atoms with Gasteiger partial charge in [-0.25, -0.2) is 4.68 Å². The third-order valence-corrected chi connectivity index (χ3v) is 5.28. The lowest BCUT2D eigenvalue weighted by molar-refractivity contribution is 0.186. The molecule has 2 heterocycles. The van der Waals surface area contributed by atoms with Crippen LogP contribution in [0.5, 0.6) is 0 Å². The number of aromatic nitrogens is 2. The van der Waals surface area contributed by atoms with Crippen molar-refractivity contribution in [1.29, 1.82) is 0 Å². The molecule has 0 bridgehead atoms. The third-order valence-electron chi connectivity index (χ3n) is 5.28. The Morgan fingerprint density at radius 3 is 2.15 bits per heavy atom. The molecule has 1 aromatic heterocycles. The van der Waals surface area contributed by atoms with Gasteiger partial charge in [0, 0.05) is 5.69 Å². The van der Waals surface area contributed by atoms with Crippen LogP contribution in [0.2, 0.25) is 0 Å². The molecule has 1 aliphatic rings. The molecular formula is C22H25N3O. The van der Waals surface area contributed by atoms with E-state index in [1.165, 1.54) is 24.8 Å². The molecule has 3 aromatic rings. The van der Waals surface area contributed by atoms with Gasteiger partial charge in [-0.1, -0.05) is 55.0 Å². The van der Waals surface area contributed by atoms with Crippen LogP contribution >= 0.6 is 0 Å². The van der Waals surface area contributed by atoms with Gasteiger partial charge in [0.2, 0.25) is 0 Å². The monoisotopic (exact) mass is 347 g/mol. The topological polar surface area (TPSA) is 41.0 Å². The molecule has 0 saturated carbocycles. The number of benzene rings is 2. The highest BCUT2D eigenvalue weighted by atomic mass is 16.1. The molecule has 4 rings (SSSR count). The maximum absolute atomic E-state index is 13.4. The molecule has 1 fully saturated rings. The van der Waals surface area contributed by atoms with E-state index in [4.69, 9.17) is 0 Å². The Bertz CT molecular complexity index is 906. The molecule has 1 unspecified atom stereocenters. The summed E-state index contributed by atoms with van der Waals surface area (Å²) >= 11 is 0. The highest BCUT2D eigenvalue weighted by Crippen LogP contribution is 2.31. The predicted octanol–water partition coefficient (Wildman–Crippen LogP) is 4.05. The molecule has 26 heavy (non-hydrogen) atoms. The Labute approximate surface area is 154 Å². The Balaban J connectivity index is 1.84. The fraction of sp³-hybridized carbons (Fsp3) is 0.318. The number of nitrogens with zero attached hydrogens (tertiary/aromatic N) is 2. The van der Waals surface area contributed by atoms with Crippen molar-refractivity contribution in [3.05, 3.63) is 87.8 Å². The highest BCUT2D eigenvalue weighted by molar-refractivity contribution is 5.37. The summed E-state index contributed by atoms with van der Waals surface area (Å²) < 4.78 is 1.67. The number of rotatable bonds is 4. The van der Waals surface area contributed by atoms with Crippen LogP contribution in [-0.2, 0) is 0 Å². The molecule has 0 spiro atoms. The van der Waals surface area contributed by atoms with Crippen molar-refractivity contribution in [2.75, 3.05) is 13.1 Å². The van der Waals surface area contributed by atoms with Crippen LogP contribution in [0, 0.1) is 6.92 Å². The summed E-state index contributed by atoms with van der Waals surface area (Å²) in [6.45, 7) is 4.08. The molecular weight excluding hydrogens is 322 g/mol. The molecule has 1 N–H and O–H groups in total. The largest absolute Gasteiger partial charge is 0.295 e. The molecule has 4 nitrogen and oxygen atoms in total. The van der Waals surface area contributed by atoms with Crippen molar-refractivity contribution in [2.24, 2.45) is 0 Å². The maximum atomic E-state index is 13.4. The van der Waals surface area contributed by atoms with Crippen LogP contribution in [0.1, 0.15) is 42.1 Å². The normalized spacial score (nSPS) is 16.5. The molecule has 1 aliphatic heterocycles. The standard InChI is InChI=1S/C22H25N3O/c1-17-20(22(26)25(23-17)19-13-7-3-8-14-19)21(18-11-5-2-6-12-18)24-15-9-4-10-16-24/h2-3,5-8,11-14,21,23H,4,9-10,15-16H2,1H3. The van der Waals surface area contributed by atoms with E-state index in [1.54, 1.807) is 4.68 Å². The molecule has 134 valence electrons. The first-order valence-corrected chi connectivity index (χ1v) is 9.41. The van der Waals surface area contributed by atoms with Gasteiger partial charge in [-0.3, -0.25) is 14.8 Å². The number of piperidine rings is 1. The number of hydrogen-bond acceptors (Lipinski definition) is 2. The van der Waals surface area contributed by atoms with Crippen molar-refractivity contribution in [2.45, 2.75) is 32.2 Å². The van der Waals surface area contributed by atoms with E-state index >= 15 is 0 Å². The molecule has 0 aliphatic carbocycles. The summed E-state index contributed by atoms with van der Waals surface area (Å²) in [5, 5.41) is 3.30. The van der Waals surface area contributed by atoms with E-state index in [2.05, 4.69) is 34.3 Å². The zero-order chi connectivity index (χ0) is 17.9. The van der Waals surface area contributed by atoms with Gasteiger partial charge < -0.3 is 0 Å². The van der Waals surface area contributed by atoms with Gasteiger partial charge >= 0.3 is 0 Å². The van der Waals surface area contributed by atoms with Gasteiger partial charge in [-0.05, 0) is 50.6 Å². The fourth-order valence-electron chi connectivity index (χ4n) is 4.01. The highest BCUT2D eigenvalue weighted by Gasteiger charge is 2.29. The zero-order valence-corrected chi connectivity index (χ0v) is 15.2. The fourth-order valence-corrected chi connectivity index (χ4v) is 4.01. The van der Waals surface area contributed by atoms with Gasteiger partial charge in [0.1, 0.15) is 0 Å². The lowest BCUT2D eigenvalue weighted by Crippen LogP contribution is -2.37. The summed E-state index contributed by atoms with van der Waals surface area (Å²) in [4.78, 5) is 15.8. The summed E-state index contributed by atoms with van der Waals surface area (Å²) in [7, 11) is 0. The zero-order valence-electron chi connectivity index (χ0n) is 15.2. The number of nitrogens with one attached hydrogen (secondary N) is 1. The van der Waals surface area contributed by atoms with Crippen molar-refractivity contribution >= 4 is 0 Å². The second kappa shape index (κ2) is 7.34. The number of para-hydroxylation sites is 1. The molecule has 4 heteroatoms. The average Bonchev–Trinajstić information content (AvgIpc) is 2.99. The number of aryl methyl sites for hydroxylation is 1. The van der Waals surface area contributed by atoms with Gasteiger partial charge in [0.25, 0.3) is 5.56 Å². The van der Waals surface area contributed by atoms with E-state index in [1.807, 2.05) is 43.3 Å². The lowest BCUT2D eigenvalue weighted by Gasteiger charge is -2.34. The minimum absolute atomic E-state index is 0.00483. The second-order valence-electron chi connectivity index (χ2n) is 7.04. The first-order chi connectivity index (χ1) is 12.8. The SMILES string of the molecule is Cc1[nH]n(-c2ccccc2)c(=O)c1C(c1ccccc1)N1CCCCC1. The predicted molar refractivity (Wildman–Crippen MR) is 105 cm³/mol. The van der Waals surface area contributed by atoms with E-state index in [0.717, 1.165) is 30.0 Å².